The minimum Gasteiger partial charge on any atom is -0.376 e. The molecule has 1 saturated heterocycles. The molecule has 3 nitrogen and oxygen atoms in total. The largest absolute Gasteiger partial charge is 0.376 e. The van der Waals surface area contributed by atoms with Gasteiger partial charge >= 0.3 is 0 Å². The Morgan fingerprint density at radius 1 is 1.38 bits per heavy atom. The number of amides is 1. The summed E-state index contributed by atoms with van der Waals surface area (Å²) in [5.74, 6) is 0.0789. The Morgan fingerprint density at radius 2 is 2.19 bits per heavy atom. The molecule has 3 heterocycles. The summed E-state index contributed by atoms with van der Waals surface area (Å²) in [6, 6.07) is 9.57. The molecule has 0 bridgehead atoms. The van der Waals surface area contributed by atoms with E-state index >= 15 is 0 Å². The van der Waals surface area contributed by atoms with Crippen molar-refractivity contribution in [1.29, 1.82) is 0 Å². The number of hydrogen-bond donors (Lipinski definition) is 0. The lowest BCUT2D eigenvalue weighted by molar-refractivity contribution is -0.126. The van der Waals surface area contributed by atoms with Gasteiger partial charge in [0.1, 0.15) is 5.54 Å². The maximum Gasteiger partial charge on any atom is 0.256 e. The lowest BCUT2D eigenvalue weighted by Crippen LogP contribution is -2.56. The Balaban J connectivity index is 1.73. The van der Waals surface area contributed by atoms with E-state index in [1.54, 1.807) is 11.3 Å². The first kappa shape index (κ1) is 13.8. The summed E-state index contributed by atoms with van der Waals surface area (Å²) >= 11 is 11.1. The average Bonchev–Trinajstić information content (AvgIpc) is 2.86. The number of fused-ring (bicyclic) bond motifs is 2. The number of ether oxygens (including phenoxy) is 1. The number of hydrogen-bond acceptors (Lipinski definition) is 3. The molecule has 0 unspecified atom stereocenters. The number of carbonyl (C=O) groups excluding carboxylic acids is 1. The first-order chi connectivity index (χ1) is 10.1. The number of nitrogens with zero attached hydrogens (tertiary/aromatic N) is 1. The summed E-state index contributed by atoms with van der Waals surface area (Å²) in [7, 11) is 0. The van der Waals surface area contributed by atoms with Crippen molar-refractivity contribution in [3.63, 3.8) is 0 Å². The molecule has 1 fully saturated rings. The molecule has 2 aliphatic rings. The molecule has 2 aliphatic heterocycles. The molecule has 0 saturated carbocycles. The Labute approximate surface area is 139 Å². The maximum atomic E-state index is 12.7. The molecule has 0 atom stereocenters. The third-order valence-electron chi connectivity index (χ3n) is 4.03. The quantitative estimate of drug-likeness (QED) is 0.782. The van der Waals surface area contributed by atoms with Gasteiger partial charge in [0.25, 0.3) is 5.91 Å². The van der Waals surface area contributed by atoms with Crippen molar-refractivity contribution >= 4 is 44.8 Å². The molecule has 21 heavy (non-hydrogen) atoms. The molecule has 2 aromatic rings. The highest BCUT2D eigenvalue weighted by atomic mass is 79.9. The Kier molecular flexibility index (Phi) is 3.15. The zero-order chi connectivity index (χ0) is 14.6. The van der Waals surface area contributed by atoms with Gasteiger partial charge < -0.3 is 9.64 Å². The molecule has 6 heteroatoms. The van der Waals surface area contributed by atoms with Gasteiger partial charge in [0, 0.05) is 16.4 Å². The van der Waals surface area contributed by atoms with Crippen molar-refractivity contribution in [3.8, 4) is 0 Å². The first-order valence-corrected chi connectivity index (χ1v) is 8.53. The van der Waals surface area contributed by atoms with Crippen LogP contribution in [0.25, 0.3) is 0 Å². The van der Waals surface area contributed by atoms with Crippen LogP contribution in [0.1, 0.15) is 20.8 Å². The fraction of sp³-hybridized carbons (Fsp3) is 0.267. The minimum atomic E-state index is -0.286. The summed E-state index contributed by atoms with van der Waals surface area (Å²) < 4.78 is 6.43. The van der Waals surface area contributed by atoms with Gasteiger partial charge in [-0.3, -0.25) is 4.79 Å². The first-order valence-electron chi connectivity index (χ1n) is 6.54. The highest BCUT2D eigenvalue weighted by Gasteiger charge is 2.56. The fourth-order valence-electron chi connectivity index (χ4n) is 2.95. The molecule has 0 radical (unpaired) electrons. The van der Waals surface area contributed by atoms with E-state index in [1.807, 2.05) is 35.2 Å². The standard InChI is InChI=1S/C15H11BrClNO2S/c16-12-5-11-13(21-12)15(7-20-8-15)18(14(11)19)6-9-2-1-3-10(17)4-9/h1-5H,6-8H2. The van der Waals surface area contributed by atoms with E-state index in [0.29, 0.717) is 24.8 Å². The Bertz CT molecular complexity index is 741. The van der Waals surface area contributed by atoms with Crippen LogP contribution in [0, 0.1) is 0 Å². The van der Waals surface area contributed by atoms with Gasteiger partial charge in [-0.15, -0.1) is 11.3 Å². The highest BCUT2D eigenvalue weighted by Crippen LogP contribution is 2.49. The van der Waals surface area contributed by atoms with Crippen LogP contribution in [0.5, 0.6) is 0 Å². The van der Waals surface area contributed by atoms with Gasteiger partial charge in [0.15, 0.2) is 0 Å². The molecule has 1 aromatic carbocycles. The van der Waals surface area contributed by atoms with Gasteiger partial charge in [-0.25, -0.2) is 0 Å². The van der Waals surface area contributed by atoms with E-state index in [2.05, 4.69) is 15.9 Å². The smallest absolute Gasteiger partial charge is 0.256 e. The molecule has 108 valence electrons. The second kappa shape index (κ2) is 4.81. The molecule has 0 N–H and O–H groups in total. The lowest BCUT2D eigenvalue weighted by Gasteiger charge is -2.45. The Hall–Kier alpha value is -0.880. The van der Waals surface area contributed by atoms with Gasteiger partial charge in [-0.2, -0.15) is 0 Å². The summed E-state index contributed by atoms with van der Waals surface area (Å²) in [4.78, 5) is 15.8. The van der Waals surface area contributed by atoms with Crippen LogP contribution in [0.2, 0.25) is 5.02 Å². The predicted octanol–water partition coefficient (Wildman–Crippen LogP) is 4.05. The topological polar surface area (TPSA) is 29.5 Å². The SMILES string of the molecule is O=C1c2cc(Br)sc2C2(COC2)N1Cc1cccc(Cl)c1. The van der Waals surface area contributed by atoms with Crippen LogP contribution in [-0.4, -0.2) is 24.0 Å². The monoisotopic (exact) mass is 383 g/mol. The zero-order valence-corrected chi connectivity index (χ0v) is 14.1. The molecule has 1 amide bonds. The maximum absolute atomic E-state index is 12.7. The molecular formula is C15H11BrClNO2S. The second-order valence-corrected chi connectivity index (χ2v) is 8.21. The van der Waals surface area contributed by atoms with Crippen molar-refractivity contribution in [2.24, 2.45) is 0 Å². The lowest BCUT2D eigenvalue weighted by atomic mass is 9.95. The normalized spacial score (nSPS) is 19.0. The van der Waals surface area contributed by atoms with Crippen molar-refractivity contribution in [1.82, 2.24) is 4.90 Å². The van der Waals surface area contributed by atoms with Gasteiger partial charge in [0.2, 0.25) is 0 Å². The molecular weight excluding hydrogens is 374 g/mol. The number of rotatable bonds is 2. The van der Waals surface area contributed by atoms with E-state index in [-0.39, 0.29) is 11.4 Å². The van der Waals surface area contributed by atoms with Crippen LogP contribution < -0.4 is 0 Å². The van der Waals surface area contributed by atoms with Crippen LogP contribution in [0.4, 0.5) is 0 Å². The van der Waals surface area contributed by atoms with Crippen molar-refractivity contribution in [2.45, 2.75) is 12.1 Å². The fourth-order valence-corrected chi connectivity index (χ4v) is 4.92. The number of halogens is 2. The van der Waals surface area contributed by atoms with E-state index in [1.165, 1.54) is 0 Å². The van der Waals surface area contributed by atoms with Crippen molar-refractivity contribution in [2.75, 3.05) is 13.2 Å². The van der Waals surface area contributed by atoms with Crippen molar-refractivity contribution < 1.29 is 9.53 Å². The number of benzene rings is 1. The molecule has 0 aliphatic carbocycles. The molecule has 4 rings (SSSR count). The average molecular weight is 385 g/mol. The van der Waals surface area contributed by atoms with E-state index in [9.17, 15) is 4.79 Å². The van der Waals surface area contributed by atoms with Crippen LogP contribution in [0.3, 0.4) is 0 Å². The summed E-state index contributed by atoms with van der Waals surface area (Å²) in [5, 5.41) is 0.690. The van der Waals surface area contributed by atoms with Crippen LogP contribution >= 0.6 is 38.9 Å². The predicted molar refractivity (Wildman–Crippen MR) is 85.8 cm³/mol. The summed E-state index contributed by atoms with van der Waals surface area (Å²) in [5.41, 5.74) is 1.55. The third kappa shape index (κ3) is 1.99. The van der Waals surface area contributed by atoms with Crippen LogP contribution in [0.15, 0.2) is 34.1 Å². The summed E-state index contributed by atoms with van der Waals surface area (Å²) in [6.45, 7) is 1.69. The minimum absolute atomic E-state index is 0.0789. The van der Waals surface area contributed by atoms with Crippen LogP contribution in [-0.2, 0) is 16.8 Å². The third-order valence-corrected chi connectivity index (χ3v) is 6.09. The van der Waals surface area contributed by atoms with E-state index in [4.69, 9.17) is 16.3 Å². The second-order valence-electron chi connectivity index (χ2n) is 5.34. The molecule has 1 aromatic heterocycles. The van der Waals surface area contributed by atoms with Gasteiger partial charge in [0.05, 0.1) is 22.6 Å². The highest BCUT2D eigenvalue weighted by molar-refractivity contribution is 9.11. The van der Waals surface area contributed by atoms with E-state index < -0.39 is 0 Å². The van der Waals surface area contributed by atoms with Gasteiger partial charge in [-0.05, 0) is 39.7 Å². The van der Waals surface area contributed by atoms with E-state index in [0.717, 1.165) is 19.8 Å². The molecule has 1 spiro atoms. The van der Waals surface area contributed by atoms with Gasteiger partial charge in [-0.1, -0.05) is 23.7 Å². The van der Waals surface area contributed by atoms with Crippen molar-refractivity contribution in [3.05, 3.63) is 55.1 Å². The number of carbonyl (C=O) groups is 1. The number of thiophene rings is 1. The summed E-state index contributed by atoms with van der Waals surface area (Å²) in [6.07, 6.45) is 0. The zero-order valence-electron chi connectivity index (χ0n) is 10.9. The Morgan fingerprint density at radius 3 is 2.86 bits per heavy atom.